The van der Waals surface area contributed by atoms with E-state index in [4.69, 9.17) is 9.84 Å². The number of amides is 1. The lowest BCUT2D eigenvalue weighted by molar-refractivity contribution is -0.384. The van der Waals surface area contributed by atoms with Crippen molar-refractivity contribution in [2.24, 2.45) is 0 Å². The SMILES string of the molecule is O=C(O)CNC(=O)CCCOc1ccc([N+](=O)[O-])cc1. The Bertz CT molecular complexity index is 485. The van der Waals surface area contributed by atoms with Gasteiger partial charge in [-0.1, -0.05) is 0 Å². The minimum absolute atomic E-state index is 0.0228. The van der Waals surface area contributed by atoms with Gasteiger partial charge in [-0.3, -0.25) is 19.7 Å². The van der Waals surface area contributed by atoms with Crippen LogP contribution in [0.15, 0.2) is 24.3 Å². The van der Waals surface area contributed by atoms with Gasteiger partial charge >= 0.3 is 5.97 Å². The summed E-state index contributed by atoms with van der Waals surface area (Å²) < 4.78 is 5.30. The Labute approximate surface area is 114 Å². The Balaban J connectivity index is 2.22. The van der Waals surface area contributed by atoms with Crippen molar-refractivity contribution >= 4 is 17.6 Å². The molecule has 0 radical (unpaired) electrons. The number of nitro groups is 1. The van der Waals surface area contributed by atoms with Gasteiger partial charge in [0.05, 0.1) is 11.5 Å². The van der Waals surface area contributed by atoms with Gasteiger partial charge in [-0.2, -0.15) is 0 Å². The fourth-order valence-corrected chi connectivity index (χ4v) is 1.35. The third kappa shape index (κ3) is 5.80. The minimum atomic E-state index is -1.10. The van der Waals surface area contributed by atoms with Crippen LogP contribution in [0.3, 0.4) is 0 Å². The number of rotatable bonds is 8. The molecule has 0 aliphatic heterocycles. The summed E-state index contributed by atoms with van der Waals surface area (Å²) >= 11 is 0. The van der Waals surface area contributed by atoms with Gasteiger partial charge in [0.15, 0.2) is 0 Å². The highest BCUT2D eigenvalue weighted by Crippen LogP contribution is 2.17. The van der Waals surface area contributed by atoms with Crippen LogP contribution in [0.25, 0.3) is 0 Å². The molecule has 1 aromatic rings. The van der Waals surface area contributed by atoms with Gasteiger partial charge in [0, 0.05) is 18.6 Å². The van der Waals surface area contributed by atoms with Crippen LogP contribution < -0.4 is 10.1 Å². The maximum absolute atomic E-state index is 11.2. The molecule has 0 aliphatic rings. The molecule has 0 aliphatic carbocycles. The summed E-state index contributed by atoms with van der Waals surface area (Å²) in [7, 11) is 0. The van der Waals surface area contributed by atoms with E-state index in [0.717, 1.165) is 0 Å². The lowest BCUT2D eigenvalue weighted by Crippen LogP contribution is -2.29. The highest BCUT2D eigenvalue weighted by atomic mass is 16.6. The number of carbonyl (C=O) groups excluding carboxylic acids is 1. The molecule has 0 aromatic heterocycles. The van der Waals surface area contributed by atoms with E-state index >= 15 is 0 Å². The highest BCUT2D eigenvalue weighted by molar-refractivity contribution is 5.80. The molecule has 1 rings (SSSR count). The number of carbonyl (C=O) groups is 2. The van der Waals surface area contributed by atoms with Crippen molar-refractivity contribution in [2.75, 3.05) is 13.2 Å². The van der Waals surface area contributed by atoms with Gasteiger partial charge in [-0.05, 0) is 18.6 Å². The molecule has 8 nitrogen and oxygen atoms in total. The van der Waals surface area contributed by atoms with E-state index in [-0.39, 0.29) is 24.6 Å². The van der Waals surface area contributed by atoms with Crippen molar-refractivity contribution in [3.05, 3.63) is 34.4 Å². The first kappa shape index (κ1) is 15.4. The Morgan fingerprint density at radius 1 is 1.30 bits per heavy atom. The molecule has 0 fully saturated rings. The molecule has 0 atom stereocenters. The second-order valence-corrected chi connectivity index (χ2v) is 3.87. The number of ether oxygens (including phenoxy) is 1. The summed E-state index contributed by atoms with van der Waals surface area (Å²) in [5.74, 6) is -0.985. The summed E-state index contributed by atoms with van der Waals surface area (Å²) in [5, 5.41) is 21.0. The predicted octanol–water partition coefficient (Wildman–Crippen LogP) is 0.955. The van der Waals surface area contributed by atoms with Crippen LogP contribution in [-0.4, -0.2) is 35.1 Å². The minimum Gasteiger partial charge on any atom is -0.494 e. The zero-order chi connectivity index (χ0) is 15.0. The lowest BCUT2D eigenvalue weighted by Gasteiger charge is -2.06. The zero-order valence-electron chi connectivity index (χ0n) is 10.6. The molecule has 0 saturated heterocycles. The summed E-state index contributed by atoms with van der Waals surface area (Å²) in [6.07, 6.45) is 0.572. The van der Waals surface area contributed by atoms with Crippen LogP contribution in [-0.2, 0) is 9.59 Å². The van der Waals surface area contributed by atoms with E-state index in [9.17, 15) is 19.7 Å². The van der Waals surface area contributed by atoms with E-state index in [1.54, 1.807) is 0 Å². The maximum atomic E-state index is 11.2. The first-order valence-electron chi connectivity index (χ1n) is 5.85. The molecule has 0 heterocycles. The van der Waals surface area contributed by atoms with Crippen LogP contribution in [0.5, 0.6) is 5.75 Å². The van der Waals surface area contributed by atoms with E-state index in [0.29, 0.717) is 12.2 Å². The Morgan fingerprint density at radius 2 is 1.95 bits per heavy atom. The average molecular weight is 282 g/mol. The average Bonchev–Trinajstić information content (AvgIpc) is 2.42. The molecular weight excluding hydrogens is 268 g/mol. The number of carboxylic acids is 1. The van der Waals surface area contributed by atoms with Crippen molar-refractivity contribution < 1.29 is 24.4 Å². The smallest absolute Gasteiger partial charge is 0.322 e. The number of aliphatic carboxylic acids is 1. The molecule has 2 N–H and O–H groups in total. The second kappa shape index (κ2) is 7.72. The molecule has 1 amide bonds. The van der Waals surface area contributed by atoms with E-state index in [1.807, 2.05) is 0 Å². The standard InChI is InChI=1S/C12H14N2O6/c15-11(13-8-12(16)17)2-1-7-20-10-5-3-9(4-6-10)14(18)19/h3-6H,1-2,7-8H2,(H,13,15)(H,16,17). The van der Waals surface area contributed by atoms with Crippen LogP contribution >= 0.6 is 0 Å². The largest absolute Gasteiger partial charge is 0.494 e. The summed E-state index contributed by atoms with van der Waals surface area (Å²) in [6.45, 7) is -0.139. The van der Waals surface area contributed by atoms with E-state index < -0.39 is 17.4 Å². The molecule has 8 heteroatoms. The van der Waals surface area contributed by atoms with E-state index in [2.05, 4.69) is 5.32 Å². The number of benzene rings is 1. The Morgan fingerprint density at radius 3 is 2.50 bits per heavy atom. The summed E-state index contributed by atoms with van der Waals surface area (Å²) in [6, 6.07) is 5.61. The lowest BCUT2D eigenvalue weighted by atomic mass is 10.3. The zero-order valence-corrected chi connectivity index (χ0v) is 10.6. The number of carboxylic acid groups (broad SMARTS) is 1. The fraction of sp³-hybridized carbons (Fsp3) is 0.333. The monoisotopic (exact) mass is 282 g/mol. The van der Waals surface area contributed by atoms with Gasteiger partial charge in [0.1, 0.15) is 12.3 Å². The maximum Gasteiger partial charge on any atom is 0.322 e. The topological polar surface area (TPSA) is 119 Å². The molecule has 1 aromatic carbocycles. The van der Waals surface area contributed by atoms with Gasteiger partial charge in [-0.25, -0.2) is 0 Å². The molecule has 0 bridgehead atoms. The second-order valence-electron chi connectivity index (χ2n) is 3.87. The van der Waals surface area contributed by atoms with Crippen molar-refractivity contribution in [2.45, 2.75) is 12.8 Å². The number of hydrogen-bond donors (Lipinski definition) is 2. The predicted molar refractivity (Wildman–Crippen MR) is 68.5 cm³/mol. The van der Waals surface area contributed by atoms with Crippen LogP contribution in [0.4, 0.5) is 5.69 Å². The number of hydrogen-bond acceptors (Lipinski definition) is 5. The van der Waals surface area contributed by atoms with Gasteiger partial charge < -0.3 is 15.2 Å². The quantitative estimate of drug-likeness (QED) is 0.416. The molecule has 0 unspecified atom stereocenters. The third-order valence-corrected chi connectivity index (χ3v) is 2.30. The van der Waals surface area contributed by atoms with Crippen LogP contribution in [0.2, 0.25) is 0 Å². The van der Waals surface area contributed by atoms with Crippen molar-refractivity contribution in [3.8, 4) is 5.75 Å². The molecular formula is C12H14N2O6. The van der Waals surface area contributed by atoms with E-state index in [1.165, 1.54) is 24.3 Å². The molecule has 20 heavy (non-hydrogen) atoms. The van der Waals surface area contributed by atoms with Crippen molar-refractivity contribution in [3.63, 3.8) is 0 Å². The van der Waals surface area contributed by atoms with Crippen LogP contribution in [0, 0.1) is 10.1 Å². The number of nitro benzene ring substituents is 1. The number of non-ortho nitro benzene ring substituents is 1. The first-order valence-corrected chi connectivity index (χ1v) is 5.85. The van der Waals surface area contributed by atoms with Gasteiger partial charge in [0.25, 0.3) is 5.69 Å². The highest BCUT2D eigenvalue weighted by Gasteiger charge is 2.05. The Hall–Kier alpha value is -2.64. The summed E-state index contributed by atoms with van der Waals surface area (Å²) in [4.78, 5) is 31.3. The van der Waals surface area contributed by atoms with Gasteiger partial charge in [0.2, 0.25) is 5.91 Å². The number of nitrogens with one attached hydrogen (secondary N) is 1. The summed E-state index contributed by atoms with van der Waals surface area (Å²) in [5.41, 5.74) is -0.0228. The molecule has 0 saturated carbocycles. The third-order valence-electron chi connectivity index (χ3n) is 2.30. The van der Waals surface area contributed by atoms with Crippen LogP contribution in [0.1, 0.15) is 12.8 Å². The fourth-order valence-electron chi connectivity index (χ4n) is 1.35. The normalized spacial score (nSPS) is 9.80. The molecule has 108 valence electrons. The first-order chi connectivity index (χ1) is 9.49. The van der Waals surface area contributed by atoms with Crippen molar-refractivity contribution in [1.29, 1.82) is 0 Å². The Kier molecular flexibility index (Phi) is 5.95. The van der Waals surface area contributed by atoms with Crippen molar-refractivity contribution in [1.82, 2.24) is 5.32 Å². The molecule has 0 spiro atoms. The van der Waals surface area contributed by atoms with Gasteiger partial charge in [-0.15, -0.1) is 0 Å². The number of nitrogens with zero attached hydrogens (tertiary/aromatic N) is 1.